The molecule has 0 saturated heterocycles. The van der Waals surface area contributed by atoms with Gasteiger partial charge in [0.05, 0.1) is 0 Å². The third-order valence-corrected chi connectivity index (χ3v) is 4.08. The summed E-state index contributed by atoms with van der Waals surface area (Å²) in [6, 6.07) is 13.0. The summed E-state index contributed by atoms with van der Waals surface area (Å²) < 4.78 is 4.99. The molecule has 1 aromatic carbocycles. The largest absolute Gasteiger partial charge is 0.360 e. The number of carbonyl (C=O) groups excluding carboxylic acids is 1. The first-order chi connectivity index (χ1) is 13.1. The SMILES string of the molecule is CCCCN(C)c1cc(C(=O)Nc2cc(C)on2)nc(-c2ccccc2)n1. The summed E-state index contributed by atoms with van der Waals surface area (Å²) in [5, 5.41) is 6.51. The fourth-order valence-corrected chi connectivity index (χ4v) is 2.58. The number of unbranched alkanes of at least 4 members (excludes halogenated alkanes) is 1. The topological polar surface area (TPSA) is 84.2 Å². The van der Waals surface area contributed by atoms with Crippen molar-refractivity contribution >= 4 is 17.5 Å². The lowest BCUT2D eigenvalue weighted by Gasteiger charge is -2.19. The van der Waals surface area contributed by atoms with Gasteiger partial charge in [-0.05, 0) is 13.3 Å². The Morgan fingerprint density at radius 2 is 1.96 bits per heavy atom. The first kappa shape index (κ1) is 18.6. The fraction of sp³-hybridized carbons (Fsp3) is 0.300. The molecule has 1 N–H and O–H groups in total. The first-order valence-corrected chi connectivity index (χ1v) is 8.97. The minimum absolute atomic E-state index is 0.280. The molecule has 1 amide bonds. The minimum Gasteiger partial charge on any atom is -0.360 e. The zero-order valence-electron chi connectivity index (χ0n) is 15.8. The van der Waals surface area contributed by atoms with Gasteiger partial charge in [0.1, 0.15) is 17.3 Å². The normalized spacial score (nSPS) is 10.6. The Kier molecular flexibility index (Phi) is 5.80. The molecule has 0 radical (unpaired) electrons. The van der Waals surface area contributed by atoms with Crippen LogP contribution in [0.3, 0.4) is 0 Å². The van der Waals surface area contributed by atoms with E-state index < -0.39 is 0 Å². The highest BCUT2D eigenvalue weighted by atomic mass is 16.5. The van der Waals surface area contributed by atoms with Gasteiger partial charge < -0.3 is 14.7 Å². The highest BCUT2D eigenvalue weighted by Crippen LogP contribution is 2.21. The molecule has 2 aromatic heterocycles. The highest BCUT2D eigenvalue weighted by molar-refractivity contribution is 6.03. The lowest BCUT2D eigenvalue weighted by atomic mass is 10.2. The van der Waals surface area contributed by atoms with Crippen molar-refractivity contribution in [3.05, 3.63) is 53.9 Å². The molecule has 7 heteroatoms. The molecule has 2 heterocycles. The summed E-state index contributed by atoms with van der Waals surface area (Å²) in [6.07, 6.45) is 2.13. The standard InChI is InChI=1S/C20H23N5O2/c1-4-5-11-25(3)18-13-16(20(26)22-17-12-14(2)27-24-17)21-19(23-18)15-9-7-6-8-10-15/h6-10,12-13H,4-5,11H2,1-3H3,(H,22,24,26). The number of rotatable bonds is 7. The van der Waals surface area contributed by atoms with Gasteiger partial charge in [0.25, 0.3) is 5.91 Å². The van der Waals surface area contributed by atoms with Crippen molar-refractivity contribution < 1.29 is 9.32 Å². The highest BCUT2D eigenvalue weighted by Gasteiger charge is 2.16. The molecule has 27 heavy (non-hydrogen) atoms. The van der Waals surface area contributed by atoms with Crippen LogP contribution in [0.4, 0.5) is 11.6 Å². The molecule has 0 unspecified atom stereocenters. The smallest absolute Gasteiger partial charge is 0.275 e. The van der Waals surface area contributed by atoms with Crippen molar-refractivity contribution in [1.29, 1.82) is 0 Å². The average molecular weight is 365 g/mol. The zero-order valence-corrected chi connectivity index (χ0v) is 15.8. The van der Waals surface area contributed by atoms with Crippen molar-refractivity contribution in [2.75, 3.05) is 23.8 Å². The quantitative estimate of drug-likeness (QED) is 0.683. The molecule has 0 aliphatic rings. The number of hydrogen-bond donors (Lipinski definition) is 1. The number of aromatic nitrogens is 3. The third-order valence-electron chi connectivity index (χ3n) is 4.08. The molecule has 3 aromatic rings. The van der Waals surface area contributed by atoms with E-state index in [4.69, 9.17) is 4.52 Å². The van der Waals surface area contributed by atoms with Crippen LogP contribution in [0.1, 0.15) is 36.0 Å². The van der Waals surface area contributed by atoms with Crippen LogP contribution in [-0.2, 0) is 0 Å². The molecular formula is C20H23N5O2. The van der Waals surface area contributed by atoms with Crippen LogP contribution in [-0.4, -0.2) is 34.6 Å². The Labute approximate surface area is 158 Å². The Balaban J connectivity index is 1.94. The zero-order chi connectivity index (χ0) is 19.2. The van der Waals surface area contributed by atoms with Gasteiger partial charge in [0.15, 0.2) is 11.6 Å². The van der Waals surface area contributed by atoms with Crippen molar-refractivity contribution in [2.24, 2.45) is 0 Å². The number of carbonyl (C=O) groups is 1. The average Bonchev–Trinajstić information content (AvgIpc) is 3.11. The minimum atomic E-state index is -0.354. The third kappa shape index (κ3) is 4.69. The molecule has 0 aliphatic carbocycles. The van der Waals surface area contributed by atoms with Gasteiger partial charge in [-0.1, -0.05) is 48.8 Å². The molecular weight excluding hydrogens is 342 g/mol. The molecule has 3 rings (SSSR count). The van der Waals surface area contributed by atoms with E-state index in [1.807, 2.05) is 42.3 Å². The second-order valence-corrected chi connectivity index (χ2v) is 6.35. The predicted molar refractivity (Wildman–Crippen MR) is 105 cm³/mol. The van der Waals surface area contributed by atoms with Gasteiger partial charge in [-0.2, -0.15) is 0 Å². The van der Waals surface area contributed by atoms with Gasteiger partial charge >= 0.3 is 0 Å². The molecule has 140 valence electrons. The molecule has 0 saturated carbocycles. The summed E-state index contributed by atoms with van der Waals surface area (Å²) in [5.74, 6) is 1.85. The van der Waals surface area contributed by atoms with E-state index in [1.165, 1.54) is 0 Å². The molecule has 0 aliphatic heterocycles. The van der Waals surface area contributed by atoms with E-state index in [9.17, 15) is 4.79 Å². The molecule has 0 fully saturated rings. The summed E-state index contributed by atoms with van der Waals surface area (Å²) >= 11 is 0. The number of nitrogens with one attached hydrogen (secondary N) is 1. The van der Waals surface area contributed by atoms with Crippen molar-refractivity contribution in [2.45, 2.75) is 26.7 Å². The summed E-state index contributed by atoms with van der Waals surface area (Å²) in [7, 11) is 1.97. The van der Waals surface area contributed by atoms with Crippen molar-refractivity contribution in [1.82, 2.24) is 15.1 Å². The van der Waals surface area contributed by atoms with Gasteiger partial charge in [0, 0.05) is 31.3 Å². The van der Waals surface area contributed by atoms with Crippen LogP contribution < -0.4 is 10.2 Å². The first-order valence-electron chi connectivity index (χ1n) is 8.97. The van der Waals surface area contributed by atoms with E-state index in [2.05, 4.69) is 27.4 Å². The second kappa shape index (κ2) is 8.44. The van der Waals surface area contributed by atoms with Crippen molar-refractivity contribution in [3.63, 3.8) is 0 Å². The second-order valence-electron chi connectivity index (χ2n) is 6.35. The van der Waals surface area contributed by atoms with E-state index >= 15 is 0 Å². The van der Waals surface area contributed by atoms with Crippen LogP contribution in [0.25, 0.3) is 11.4 Å². The van der Waals surface area contributed by atoms with Crippen molar-refractivity contribution in [3.8, 4) is 11.4 Å². The molecule has 0 atom stereocenters. The van der Waals surface area contributed by atoms with Crippen LogP contribution in [0.2, 0.25) is 0 Å². The number of aryl methyl sites for hydroxylation is 1. The molecule has 0 spiro atoms. The molecule has 0 bridgehead atoms. The van der Waals surface area contributed by atoms with Gasteiger partial charge in [-0.25, -0.2) is 9.97 Å². The van der Waals surface area contributed by atoms with E-state index in [0.29, 0.717) is 23.2 Å². The predicted octanol–water partition coefficient (Wildman–Crippen LogP) is 3.93. The number of nitrogens with zero attached hydrogens (tertiary/aromatic N) is 4. The van der Waals surface area contributed by atoms with Gasteiger partial charge in [0.2, 0.25) is 0 Å². The summed E-state index contributed by atoms with van der Waals surface area (Å²) in [5.41, 5.74) is 1.14. The van der Waals surface area contributed by atoms with Crippen LogP contribution in [0.5, 0.6) is 0 Å². The van der Waals surface area contributed by atoms with Gasteiger partial charge in [-0.3, -0.25) is 4.79 Å². The lowest BCUT2D eigenvalue weighted by Crippen LogP contribution is -2.22. The maximum atomic E-state index is 12.7. The maximum absolute atomic E-state index is 12.7. The number of benzene rings is 1. The monoisotopic (exact) mass is 365 g/mol. The Hall–Kier alpha value is -3.22. The Morgan fingerprint density at radius 1 is 1.19 bits per heavy atom. The Morgan fingerprint density at radius 3 is 2.63 bits per heavy atom. The maximum Gasteiger partial charge on any atom is 0.275 e. The Bertz CT molecular complexity index is 908. The number of hydrogen-bond acceptors (Lipinski definition) is 6. The van der Waals surface area contributed by atoms with E-state index in [-0.39, 0.29) is 11.6 Å². The van der Waals surface area contributed by atoms with Crippen LogP contribution >= 0.6 is 0 Å². The number of amides is 1. The fourth-order valence-electron chi connectivity index (χ4n) is 2.58. The lowest BCUT2D eigenvalue weighted by molar-refractivity contribution is 0.102. The number of anilines is 2. The van der Waals surface area contributed by atoms with Crippen LogP contribution in [0, 0.1) is 6.92 Å². The molecule has 7 nitrogen and oxygen atoms in total. The van der Waals surface area contributed by atoms with Gasteiger partial charge in [-0.15, -0.1) is 0 Å². The summed E-state index contributed by atoms with van der Waals surface area (Å²) in [4.78, 5) is 23.8. The van der Waals surface area contributed by atoms with E-state index in [0.717, 1.165) is 24.9 Å². The van der Waals surface area contributed by atoms with E-state index in [1.54, 1.807) is 19.1 Å². The summed E-state index contributed by atoms with van der Waals surface area (Å²) in [6.45, 7) is 4.76. The van der Waals surface area contributed by atoms with Crippen LogP contribution in [0.15, 0.2) is 47.0 Å².